The lowest BCUT2D eigenvalue weighted by Gasteiger charge is -2.33. The molecule has 128 valence electrons. The van der Waals surface area contributed by atoms with Crippen molar-refractivity contribution in [2.45, 2.75) is 64.6 Å². The largest absolute Gasteiger partial charge is 0.389 e. The number of hydrogen-bond acceptors (Lipinski definition) is 3. The van der Waals surface area contributed by atoms with Gasteiger partial charge < -0.3 is 10.4 Å². The van der Waals surface area contributed by atoms with Crippen LogP contribution in [0.1, 0.15) is 57.7 Å². The second-order valence-corrected chi connectivity index (χ2v) is 7.17. The van der Waals surface area contributed by atoms with Gasteiger partial charge in [0.15, 0.2) is 0 Å². The summed E-state index contributed by atoms with van der Waals surface area (Å²) in [6.45, 7) is 9.02. The quantitative estimate of drug-likeness (QED) is 0.848. The van der Waals surface area contributed by atoms with Crippen molar-refractivity contribution < 1.29 is 9.90 Å². The molecule has 0 spiro atoms. The van der Waals surface area contributed by atoms with Gasteiger partial charge in [-0.3, -0.25) is 9.69 Å². The lowest BCUT2D eigenvalue weighted by molar-refractivity contribution is -0.124. The van der Waals surface area contributed by atoms with Crippen LogP contribution < -0.4 is 5.32 Å². The Bertz CT molecular complexity index is 519. The molecule has 2 unspecified atom stereocenters. The number of nitrogens with zero attached hydrogens (tertiary/aromatic N) is 1. The van der Waals surface area contributed by atoms with Crippen LogP contribution in [0.4, 0.5) is 0 Å². The van der Waals surface area contributed by atoms with Crippen LogP contribution in [-0.4, -0.2) is 40.6 Å². The van der Waals surface area contributed by atoms with E-state index in [1.54, 1.807) is 0 Å². The predicted molar refractivity (Wildman–Crippen MR) is 93.3 cm³/mol. The highest BCUT2D eigenvalue weighted by Gasteiger charge is 2.36. The summed E-state index contributed by atoms with van der Waals surface area (Å²) in [5, 5.41) is 13.3. The van der Waals surface area contributed by atoms with E-state index < -0.39 is 5.60 Å². The number of likely N-dealkylation sites (tertiary alicyclic amines) is 1. The first-order chi connectivity index (χ1) is 10.8. The predicted octanol–water partition coefficient (Wildman–Crippen LogP) is 2.66. The molecule has 4 heteroatoms. The molecule has 0 aliphatic carbocycles. The number of hydrogen-bond donors (Lipinski definition) is 2. The summed E-state index contributed by atoms with van der Waals surface area (Å²) in [6.07, 6.45) is 3.01. The van der Waals surface area contributed by atoms with Gasteiger partial charge in [0.25, 0.3) is 0 Å². The average molecular weight is 318 g/mol. The van der Waals surface area contributed by atoms with Crippen molar-refractivity contribution in [1.29, 1.82) is 0 Å². The van der Waals surface area contributed by atoms with Gasteiger partial charge in [0.2, 0.25) is 5.91 Å². The second-order valence-electron chi connectivity index (χ2n) is 7.17. The van der Waals surface area contributed by atoms with Crippen molar-refractivity contribution in [3.05, 3.63) is 35.4 Å². The van der Waals surface area contributed by atoms with Crippen LogP contribution in [0.5, 0.6) is 0 Å². The summed E-state index contributed by atoms with van der Waals surface area (Å²) >= 11 is 0. The smallest absolute Gasteiger partial charge is 0.234 e. The third kappa shape index (κ3) is 4.79. The highest BCUT2D eigenvalue weighted by Crippen LogP contribution is 2.26. The molecule has 1 aromatic rings. The van der Waals surface area contributed by atoms with Gasteiger partial charge >= 0.3 is 0 Å². The van der Waals surface area contributed by atoms with Crippen LogP contribution in [0.3, 0.4) is 0 Å². The van der Waals surface area contributed by atoms with Crippen molar-refractivity contribution in [2.75, 3.05) is 13.1 Å². The zero-order valence-corrected chi connectivity index (χ0v) is 14.8. The Kier molecular flexibility index (Phi) is 5.82. The minimum Gasteiger partial charge on any atom is -0.389 e. The minimum atomic E-state index is -0.765. The first-order valence-corrected chi connectivity index (χ1v) is 8.66. The molecule has 0 aromatic heterocycles. The SMILES string of the molecule is CCc1ccc(C(C)NC(=O)CN2CCCC2C(C)(C)O)cc1. The molecule has 2 rings (SSSR count). The Hall–Kier alpha value is -1.39. The molecule has 0 bridgehead atoms. The zero-order valence-electron chi connectivity index (χ0n) is 14.8. The van der Waals surface area contributed by atoms with Gasteiger partial charge in [-0.25, -0.2) is 0 Å². The van der Waals surface area contributed by atoms with E-state index >= 15 is 0 Å². The summed E-state index contributed by atoms with van der Waals surface area (Å²) < 4.78 is 0. The van der Waals surface area contributed by atoms with Crippen LogP contribution in [0, 0.1) is 0 Å². The van der Waals surface area contributed by atoms with Gasteiger partial charge in [-0.1, -0.05) is 31.2 Å². The summed E-state index contributed by atoms with van der Waals surface area (Å²) in [5.74, 6) is 0.0215. The molecule has 0 saturated carbocycles. The number of nitrogens with one attached hydrogen (secondary N) is 1. The normalized spacial score (nSPS) is 20.5. The van der Waals surface area contributed by atoms with Crippen LogP contribution in [-0.2, 0) is 11.2 Å². The first kappa shape index (κ1) is 18.0. The van der Waals surface area contributed by atoms with Crippen LogP contribution >= 0.6 is 0 Å². The fraction of sp³-hybridized carbons (Fsp3) is 0.632. The first-order valence-electron chi connectivity index (χ1n) is 8.66. The summed E-state index contributed by atoms with van der Waals surface area (Å²) in [4.78, 5) is 14.4. The monoisotopic (exact) mass is 318 g/mol. The molecule has 2 atom stereocenters. The van der Waals surface area contributed by atoms with Gasteiger partial charge in [0.1, 0.15) is 0 Å². The average Bonchev–Trinajstić information content (AvgIpc) is 2.95. The molecule has 4 nitrogen and oxygen atoms in total. The number of amides is 1. The molecule has 1 amide bonds. The molecular weight excluding hydrogens is 288 g/mol. The number of rotatable bonds is 6. The van der Waals surface area contributed by atoms with Crippen molar-refractivity contribution in [2.24, 2.45) is 0 Å². The molecule has 0 radical (unpaired) electrons. The standard InChI is InChI=1S/C19H30N2O2/c1-5-15-8-10-16(11-9-15)14(2)20-18(22)13-21-12-6-7-17(21)19(3,4)23/h8-11,14,17,23H,5-7,12-13H2,1-4H3,(H,20,22). The van der Waals surface area contributed by atoms with Crippen LogP contribution in [0.15, 0.2) is 24.3 Å². The molecule has 1 aliphatic heterocycles. The van der Waals surface area contributed by atoms with E-state index in [4.69, 9.17) is 0 Å². The highest BCUT2D eigenvalue weighted by atomic mass is 16.3. The molecule has 1 aliphatic rings. The zero-order chi connectivity index (χ0) is 17.0. The Balaban J connectivity index is 1.90. The maximum absolute atomic E-state index is 12.3. The van der Waals surface area contributed by atoms with Gasteiger partial charge in [0, 0.05) is 6.04 Å². The maximum Gasteiger partial charge on any atom is 0.234 e. The number of carbonyl (C=O) groups excluding carboxylic acids is 1. The fourth-order valence-corrected chi connectivity index (χ4v) is 3.41. The minimum absolute atomic E-state index is 0.00315. The van der Waals surface area contributed by atoms with Crippen LogP contribution in [0.25, 0.3) is 0 Å². The maximum atomic E-state index is 12.3. The third-order valence-corrected chi connectivity index (χ3v) is 4.79. The lowest BCUT2D eigenvalue weighted by Crippen LogP contribution is -2.49. The van der Waals surface area contributed by atoms with Crippen LogP contribution in [0.2, 0.25) is 0 Å². The molecule has 2 N–H and O–H groups in total. The van der Waals surface area contributed by atoms with E-state index in [0.717, 1.165) is 31.4 Å². The molecular formula is C19H30N2O2. The number of carbonyl (C=O) groups is 1. The molecule has 23 heavy (non-hydrogen) atoms. The Morgan fingerprint density at radius 2 is 2.04 bits per heavy atom. The van der Waals surface area contributed by atoms with Gasteiger partial charge in [-0.2, -0.15) is 0 Å². The number of aryl methyl sites for hydroxylation is 1. The summed E-state index contributed by atoms with van der Waals surface area (Å²) in [6, 6.07) is 8.45. The van der Waals surface area contributed by atoms with Gasteiger partial charge in [0.05, 0.1) is 18.2 Å². The van der Waals surface area contributed by atoms with Gasteiger partial charge in [-0.05, 0) is 57.7 Å². The fourth-order valence-electron chi connectivity index (χ4n) is 3.41. The molecule has 1 fully saturated rings. The van der Waals surface area contributed by atoms with E-state index in [1.165, 1.54) is 5.56 Å². The Morgan fingerprint density at radius 3 is 2.61 bits per heavy atom. The third-order valence-electron chi connectivity index (χ3n) is 4.79. The van der Waals surface area contributed by atoms with Crippen molar-refractivity contribution >= 4 is 5.91 Å². The van der Waals surface area contributed by atoms with Crippen molar-refractivity contribution in [1.82, 2.24) is 10.2 Å². The Labute approximate surface area is 139 Å². The summed E-state index contributed by atoms with van der Waals surface area (Å²) in [7, 11) is 0. The Morgan fingerprint density at radius 1 is 1.39 bits per heavy atom. The number of aliphatic hydroxyl groups is 1. The van der Waals surface area contributed by atoms with Gasteiger partial charge in [-0.15, -0.1) is 0 Å². The second kappa shape index (κ2) is 7.45. The topological polar surface area (TPSA) is 52.6 Å². The van der Waals surface area contributed by atoms with E-state index in [2.05, 4.69) is 41.4 Å². The lowest BCUT2D eigenvalue weighted by atomic mass is 9.97. The van der Waals surface area contributed by atoms with E-state index in [9.17, 15) is 9.90 Å². The molecule has 1 saturated heterocycles. The molecule has 1 heterocycles. The van der Waals surface area contributed by atoms with E-state index in [0.29, 0.717) is 6.54 Å². The van der Waals surface area contributed by atoms with E-state index in [1.807, 2.05) is 20.8 Å². The summed E-state index contributed by atoms with van der Waals surface area (Å²) in [5.41, 5.74) is 1.66. The highest BCUT2D eigenvalue weighted by molar-refractivity contribution is 5.78. The molecule has 1 aromatic carbocycles. The van der Waals surface area contributed by atoms with E-state index in [-0.39, 0.29) is 18.0 Å². The van der Waals surface area contributed by atoms with Crippen molar-refractivity contribution in [3.8, 4) is 0 Å². The van der Waals surface area contributed by atoms with Crippen molar-refractivity contribution in [3.63, 3.8) is 0 Å². The number of benzene rings is 1.